The van der Waals surface area contributed by atoms with Gasteiger partial charge in [-0.25, -0.2) is 9.97 Å². The van der Waals surface area contributed by atoms with E-state index >= 15 is 0 Å². The number of pyridine rings is 1. The number of aromatic nitrogens is 3. The first-order chi connectivity index (χ1) is 7.68. The molecule has 2 rings (SSSR count). The summed E-state index contributed by atoms with van der Waals surface area (Å²) in [5.41, 5.74) is 2.27. The highest BCUT2D eigenvalue weighted by Crippen LogP contribution is 2.17. The van der Waals surface area contributed by atoms with Gasteiger partial charge in [-0.05, 0) is 26.0 Å². The molecule has 0 saturated carbocycles. The Hall–Kier alpha value is -1.81. The maximum absolute atomic E-state index is 9.47. The average molecular weight is 215 g/mol. The van der Waals surface area contributed by atoms with E-state index in [1.807, 2.05) is 25.1 Å². The van der Waals surface area contributed by atoms with Gasteiger partial charge in [0.15, 0.2) is 5.82 Å². The average Bonchev–Trinajstić information content (AvgIpc) is 2.29. The van der Waals surface area contributed by atoms with Gasteiger partial charge in [0.25, 0.3) is 0 Å². The largest absolute Gasteiger partial charge is 0.389 e. The maximum atomic E-state index is 9.47. The third-order valence-corrected chi connectivity index (χ3v) is 2.36. The minimum atomic E-state index is -0.544. The monoisotopic (exact) mass is 215 g/mol. The highest BCUT2D eigenvalue weighted by molar-refractivity contribution is 5.48. The maximum Gasteiger partial charge on any atom is 0.178 e. The van der Waals surface area contributed by atoms with Crippen molar-refractivity contribution in [3.05, 3.63) is 41.9 Å². The fourth-order valence-electron chi connectivity index (χ4n) is 1.50. The van der Waals surface area contributed by atoms with E-state index < -0.39 is 6.10 Å². The van der Waals surface area contributed by atoms with Crippen LogP contribution >= 0.6 is 0 Å². The van der Waals surface area contributed by atoms with E-state index in [0.717, 1.165) is 17.0 Å². The zero-order valence-corrected chi connectivity index (χ0v) is 9.25. The summed E-state index contributed by atoms with van der Waals surface area (Å²) >= 11 is 0. The smallest absolute Gasteiger partial charge is 0.178 e. The molecule has 4 nitrogen and oxygen atoms in total. The second kappa shape index (κ2) is 4.37. The van der Waals surface area contributed by atoms with E-state index in [0.29, 0.717) is 5.82 Å². The SMILES string of the molecule is Cc1nc(-c2ccccn2)ncc1[C@@H](C)O. The molecule has 4 heteroatoms. The molecule has 82 valence electrons. The van der Waals surface area contributed by atoms with Crippen LogP contribution in [0.2, 0.25) is 0 Å². The van der Waals surface area contributed by atoms with Crippen molar-refractivity contribution >= 4 is 0 Å². The van der Waals surface area contributed by atoms with Crippen molar-refractivity contribution in [1.82, 2.24) is 15.0 Å². The molecule has 0 unspecified atom stereocenters. The molecular weight excluding hydrogens is 202 g/mol. The molecule has 1 N–H and O–H groups in total. The molecule has 2 aromatic heterocycles. The second-order valence-corrected chi connectivity index (χ2v) is 3.63. The molecule has 0 aliphatic carbocycles. The first kappa shape index (κ1) is 10.7. The molecule has 0 radical (unpaired) electrons. The fourth-order valence-corrected chi connectivity index (χ4v) is 1.50. The van der Waals surface area contributed by atoms with Crippen LogP contribution in [0.1, 0.15) is 24.3 Å². The van der Waals surface area contributed by atoms with Crippen molar-refractivity contribution in [2.45, 2.75) is 20.0 Å². The highest BCUT2D eigenvalue weighted by Gasteiger charge is 2.09. The lowest BCUT2D eigenvalue weighted by Gasteiger charge is -2.08. The van der Waals surface area contributed by atoms with Crippen molar-refractivity contribution in [3.8, 4) is 11.5 Å². The minimum absolute atomic E-state index is 0.544. The molecule has 1 atom stereocenters. The third-order valence-electron chi connectivity index (χ3n) is 2.36. The lowest BCUT2D eigenvalue weighted by molar-refractivity contribution is 0.197. The number of aliphatic hydroxyl groups is 1. The van der Waals surface area contributed by atoms with Crippen molar-refractivity contribution in [1.29, 1.82) is 0 Å². The van der Waals surface area contributed by atoms with Crippen LogP contribution in [0.5, 0.6) is 0 Å². The number of aliphatic hydroxyl groups excluding tert-OH is 1. The van der Waals surface area contributed by atoms with Gasteiger partial charge in [-0.3, -0.25) is 4.98 Å². The number of aryl methyl sites for hydroxylation is 1. The van der Waals surface area contributed by atoms with Gasteiger partial charge >= 0.3 is 0 Å². The topological polar surface area (TPSA) is 58.9 Å². The highest BCUT2D eigenvalue weighted by atomic mass is 16.3. The Morgan fingerprint density at radius 3 is 2.62 bits per heavy atom. The summed E-state index contributed by atoms with van der Waals surface area (Å²) in [6.45, 7) is 3.56. The van der Waals surface area contributed by atoms with Gasteiger partial charge < -0.3 is 5.11 Å². The molecule has 0 spiro atoms. The number of hydrogen-bond donors (Lipinski definition) is 1. The molecule has 16 heavy (non-hydrogen) atoms. The Bertz CT molecular complexity index is 483. The van der Waals surface area contributed by atoms with Crippen molar-refractivity contribution < 1.29 is 5.11 Å². The molecule has 0 aliphatic rings. The van der Waals surface area contributed by atoms with Crippen LogP contribution in [-0.2, 0) is 0 Å². The molecule has 0 fully saturated rings. The van der Waals surface area contributed by atoms with Gasteiger partial charge in [-0.2, -0.15) is 0 Å². The lowest BCUT2D eigenvalue weighted by Crippen LogP contribution is -2.01. The van der Waals surface area contributed by atoms with E-state index in [9.17, 15) is 5.11 Å². The standard InChI is InChI=1S/C12H13N3O/c1-8-10(9(2)16)7-14-12(15-8)11-5-3-4-6-13-11/h3-7,9,16H,1-2H3/t9-/m1/s1. The van der Waals surface area contributed by atoms with E-state index in [1.165, 1.54) is 0 Å². The predicted molar refractivity (Wildman–Crippen MR) is 60.6 cm³/mol. The van der Waals surface area contributed by atoms with E-state index in [4.69, 9.17) is 0 Å². The zero-order valence-electron chi connectivity index (χ0n) is 9.25. The Balaban J connectivity index is 2.43. The van der Waals surface area contributed by atoms with Crippen molar-refractivity contribution in [2.75, 3.05) is 0 Å². The van der Waals surface area contributed by atoms with Crippen LogP contribution in [0, 0.1) is 6.92 Å². The van der Waals surface area contributed by atoms with Crippen LogP contribution in [0.3, 0.4) is 0 Å². The summed E-state index contributed by atoms with van der Waals surface area (Å²) in [7, 11) is 0. The van der Waals surface area contributed by atoms with Crippen LogP contribution in [0.15, 0.2) is 30.6 Å². The molecule has 0 aliphatic heterocycles. The Morgan fingerprint density at radius 1 is 1.25 bits per heavy atom. The summed E-state index contributed by atoms with van der Waals surface area (Å²) in [4.78, 5) is 12.7. The number of hydrogen-bond acceptors (Lipinski definition) is 4. The molecule has 2 aromatic rings. The van der Waals surface area contributed by atoms with E-state index in [-0.39, 0.29) is 0 Å². The van der Waals surface area contributed by atoms with Gasteiger partial charge in [0.1, 0.15) is 5.69 Å². The zero-order chi connectivity index (χ0) is 11.5. The summed E-state index contributed by atoms with van der Waals surface area (Å²) < 4.78 is 0. The Morgan fingerprint density at radius 2 is 2.06 bits per heavy atom. The van der Waals surface area contributed by atoms with Crippen molar-refractivity contribution in [2.24, 2.45) is 0 Å². The first-order valence-electron chi connectivity index (χ1n) is 5.11. The quantitative estimate of drug-likeness (QED) is 0.831. The molecule has 2 heterocycles. The van der Waals surface area contributed by atoms with Crippen LogP contribution in [-0.4, -0.2) is 20.1 Å². The normalized spacial score (nSPS) is 12.4. The van der Waals surface area contributed by atoms with Gasteiger partial charge in [0, 0.05) is 23.7 Å². The predicted octanol–water partition coefficient (Wildman–Crippen LogP) is 1.90. The molecule has 0 amide bonds. The number of rotatable bonds is 2. The summed E-state index contributed by atoms with van der Waals surface area (Å²) in [6.07, 6.45) is 2.81. The van der Waals surface area contributed by atoms with Gasteiger partial charge in [0.05, 0.1) is 6.10 Å². The van der Waals surface area contributed by atoms with Gasteiger partial charge in [-0.1, -0.05) is 6.07 Å². The minimum Gasteiger partial charge on any atom is -0.389 e. The molecule has 0 bridgehead atoms. The Kier molecular flexibility index (Phi) is 2.92. The van der Waals surface area contributed by atoms with Crippen LogP contribution in [0.25, 0.3) is 11.5 Å². The van der Waals surface area contributed by atoms with E-state index in [1.54, 1.807) is 19.3 Å². The van der Waals surface area contributed by atoms with Crippen LogP contribution in [0.4, 0.5) is 0 Å². The van der Waals surface area contributed by atoms with Crippen LogP contribution < -0.4 is 0 Å². The van der Waals surface area contributed by atoms with Gasteiger partial charge in [0.2, 0.25) is 0 Å². The molecule has 0 saturated heterocycles. The van der Waals surface area contributed by atoms with E-state index in [2.05, 4.69) is 15.0 Å². The summed E-state index contributed by atoms with van der Waals surface area (Å²) in [5.74, 6) is 0.586. The fraction of sp³-hybridized carbons (Fsp3) is 0.250. The Labute approximate surface area is 94.0 Å². The molecular formula is C12H13N3O. The van der Waals surface area contributed by atoms with Crippen molar-refractivity contribution in [3.63, 3.8) is 0 Å². The molecule has 0 aromatic carbocycles. The number of nitrogens with zero attached hydrogens (tertiary/aromatic N) is 3. The summed E-state index contributed by atoms with van der Waals surface area (Å²) in [6, 6.07) is 5.60. The lowest BCUT2D eigenvalue weighted by atomic mass is 10.1. The summed E-state index contributed by atoms with van der Waals surface area (Å²) in [5, 5.41) is 9.47. The van der Waals surface area contributed by atoms with Gasteiger partial charge in [-0.15, -0.1) is 0 Å². The third kappa shape index (κ3) is 2.06. The second-order valence-electron chi connectivity index (χ2n) is 3.63. The first-order valence-corrected chi connectivity index (χ1v) is 5.11.